The van der Waals surface area contributed by atoms with Gasteiger partial charge < -0.3 is 19.3 Å². The summed E-state index contributed by atoms with van der Waals surface area (Å²) < 4.78 is 16.4. The van der Waals surface area contributed by atoms with Gasteiger partial charge in [-0.1, -0.05) is 231 Å². The Kier molecular flexibility index (Phi) is 52.6. The Balaban J connectivity index is 4.51. The van der Waals surface area contributed by atoms with Gasteiger partial charge in [0, 0.05) is 0 Å². The first-order chi connectivity index (χ1) is 33.0. The Morgan fingerprint density at radius 3 is 0.866 bits per heavy atom. The lowest BCUT2D eigenvalue weighted by Gasteiger charge is -2.20. The Morgan fingerprint density at radius 1 is 0.328 bits per heavy atom. The highest BCUT2D eigenvalue weighted by atomic mass is 16.6. The summed E-state index contributed by atoms with van der Waals surface area (Å²) in [7, 11) is 0. The zero-order chi connectivity index (χ0) is 48.8. The molecule has 2 unspecified atom stereocenters. The van der Waals surface area contributed by atoms with Gasteiger partial charge in [0.15, 0.2) is 6.10 Å². The number of allylic oxidation sites excluding steroid dienone is 6. The van der Waals surface area contributed by atoms with Gasteiger partial charge in [0.05, 0.1) is 26.2 Å². The molecule has 0 bridgehead atoms. The van der Waals surface area contributed by atoms with Crippen molar-refractivity contribution in [1.82, 2.24) is 0 Å². The zero-order valence-corrected chi connectivity index (χ0v) is 44.5. The first-order valence-electron chi connectivity index (χ1n) is 29.1. The third-order valence-electron chi connectivity index (χ3n) is 13.0. The number of rotatable bonds is 53. The minimum atomic E-state index is -1.78. The van der Waals surface area contributed by atoms with Gasteiger partial charge in [0.1, 0.15) is 5.92 Å². The van der Waals surface area contributed by atoms with Crippen LogP contribution in [0, 0.1) is 5.92 Å². The molecule has 2 atom stereocenters. The highest BCUT2D eigenvalue weighted by molar-refractivity contribution is 5.87. The first-order valence-corrected chi connectivity index (χ1v) is 29.1. The van der Waals surface area contributed by atoms with Gasteiger partial charge in [-0.05, 0) is 96.3 Å². The maximum absolute atomic E-state index is 13.2. The number of carbonyl (C=O) groups is 3. The summed E-state index contributed by atoms with van der Waals surface area (Å²) in [6.45, 7) is 7.40. The molecule has 0 aliphatic carbocycles. The maximum Gasteiger partial charge on any atom is 0.335 e. The van der Waals surface area contributed by atoms with Crippen molar-refractivity contribution in [1.29, 1.82) is 0 Å². The SMILES string of the molecule is CCCCCCCCC=CCCCCCCCCOC(=O)CC(C(=O)OCCCCCCCCC=CCCCCCCCC)C(O)C(=O)OCCCCCCCCC=CCCCCCCCC. The number of hydrogen-bond donors (Lipinski definition) is 1. The molecular weight excluding hydrogens is 833 g/mol. The second kappa shape index (κ2) is 54.5. The van der Waals surface area contributed by atoms with E-state index >= 15 is 0 Å². The second-order valence-electron chi connectivity index (χ2n) is 19.6. The van der Waals surface area contributed by atoms with Gasteiger partial charge >= 0.3 is 17.9 Å². The van der Waals surface area contributed by atoms with Crippen molar-refractivity contribution in [3.8, 4) is 0 Å². The Labute approximate surface area is 415 Å². The average Bonchev–Trinajstić information content (AvgIpc) is 3.33. The molecule has 0 saturated carbocycles. The summed E-state index contributed by atoms with van der Waals surface area (Å²) in [5.41, 5.74) is 0. The fourth-order valence-electron chi connectivity index (χ4n) is 8.50. The molecular formula is C60H110O7. The fourth-order valence-corrected chi connectivity index (χ4v) is 8.50. The van der Waals surface area contributed by atoms with E-state index in [0.29, 0.717) is 12.8 Å². The summed E-state index contributed by atoms with van der Waals surface area (Å²) in [5, 5.41) is 11.0. The van der Waals surface area contributed by atoms with Gasteiger partial charge in [0.25, 0.3) is 0 Å². The topological polar surface area (TPSA) is 99.1 Å². The molecule has 1 N–H and O–H groups in total. The number of unbranched alkanes of at least 4 members (excludes halogenated alkanes) is 36. The zero-order valence-electron chi connectivity index (χ0n) is 44.5. The Bertz CT molecular complexity index is 1150. The van der Waals surface area contributed by atoms with Crippen LogP contribution in [-0.4, -0.2) is 48.9 Å². The van der Waals surface area contributed by atoms with Crippen molar-refractivity contribution in [2.75, 3.05) is 19.8 Å². The molecule has 0 radical (unpaired) electrons. The highest BCUT2D eigenvalue weighted by Gasteiger charge is 2.37. The van der Waals surface area contributed by atoms with Gasteiger partial charge in [-0.25, -0.2) is 4.79 Å². The van der Waals surface area contributed by atoms with Crippen molar-refractivity contribution in [2.45, 2.75) is 303 Å². The molecule has 0 amide bonds. The lowest BCUT2D eigenvalue weighted by atomic mass is 9.98. The van der Waals surface area contributed by atoms with Crippen molar-refractivity contribution >= 4 is 17.9 Å². The molecule has 7 heteroatoms. The van der Waals surface area contributed by atoms with Crippen LogP contribution in [0.5, 0.6) is 0 Å². The van der Waals surface area contributed by atoms with E-state index in [1.54, 1.807) is 0 Å². The fraction of sp³-hybridized carbons (Fsp3) is 0.850. The molecule has 0 saturated heterocycles. The van der Waals surface area contributed by atoms with E-state index in [2.05, 4.69) is 57.2 Å². The molecule has 0 aromatic heterocycles. The summed E-state index contributed by atoms with van der Waals surface area (Å²) in [5.74, 6) is -3.59. The second-order valence-corrected chi connectivity index (χ2v) is 19.6. The average molecular weight is 944 g/mol. The van der Waals surface area contributed by atoms with Crippen molar-refractivity contribution in [3.63, 3.8) is 0 Å². The summed E-state index contributed by atoms with van der Waals surface area (Å²) in [6.07, 6.45) is 61.8. The van der Waals surface area contributed by atoms with Gasteiger partial charge in [-0.15, -0.1) is 0 Å². The molecule has 392 valence electrons. The number of esters is 3. The molecule has 7 nitrogen and oxygen atoms in total. The minimum Gasteiger partial charge on any atom is -0.466 e. The predicted molar refractivity (Wildman–Crippen MR) is 285 cm³/mol. The minimum absolute atomic E-state index is 0.175. The van der Waals surface area contributed by atoms with E-state index in [4.69, 9.17) is 14.2 Å². The number of aliphatic hydroxyl groups excluding tert-OH is 1. The quantitative estimate of drug-likeness (QED) is 0.0281. The van der Waals surface area contributed by atoms with E-state index in [-0.39, 0.29) is 19.8 Å². The van der Waals surface area contributed by atoms with Crippen LogP contribution in [0.15, 0.2) is 36.5 Å². The molecule has 0 rings (SSSR count). The van der Waals surface area contributed by atoms with Crippen LogP contribution < -0.4 is 0 Å². The Morgan fingerprint density at radius 2 is 0.567 bits per heavy atom. The van der Waals surface area contributed by atoms with Crippen LogP contribution in [0.4, 0.5) is 0 Å². The lowest BCUT2D eigenvalue weighted by Crippen LogP contribution is -2.39. The number of ether oxygens (including phenoxy) is 3. The van der Waals surface area contributed by atoms with E-state index in [9.17, 15) is 19.5 Å². The van der Waals surface area contributed by atoms with E-state index in [1.165, 1.54) is 173 Å². The van der Waals surface area contributed by atoms with Crippen LogP contribution in [0.3, 0.4) is 0 Å². The molecule has 0 fully saturated rings. The number of carbonyl (C=O) groups excluding carboxylic acids is 3. The van der Waals surface area contributed by atoms with Crippen molar-refractivity contribution in [2.24, 2.45) is 5.92 Å². The third kappa shape index (κ3) is 48.4. The smallest absolute Gasteiger partial charge is 0.335 e. The van der Waals surface area contributed by atoms with Crippen LogP contribution in [0.1, 0.15) is 297 Å². The van der Waals surface area contributed by atoms with E-state index < -0.39 is 36.4 Å². The van der Waals surface area contributed by atoms with Crippen molar-refractivity contribution in [3.05, 3.63) is 36.5 Å². The predicted octanol–water partition coefficient (Wildman–Crippen LogP) is 18.1. The van der Waals surface area contributed by atoms with E-state index in [0.717, 1.165) is 83.5 Å². The molecule has 0 aromatic carbocycles. The van der Waals surface area contributed by atoms with Gasteiger partial charge in [-0.2, -0.15) is 0 Å². The third-order valence-corrected chi connectivity index (χ3v) is 13.0. The lowest BCUT2D eigenvalue weighted by molar-refractivity contribution is -0.170. The summed E-state index contributed by atoms with van der Waals surface area (Å²) >= 11 is 0. The largest absolute Gasteiger partial charge is 0.466 e. The monoisotopic (exact) mass is 943 g/mol. The summed E-state index contributed by atoms with van der Waals surface area (Å²) in [6, 6.07) is 0. The number of aliphatic hydroxyl groups is 1. The highest BCUT2D eigenvalue weighted by Crippen LogP contribution is 2.18. The first kappa shape index (κ1) is 64.6. The van der Waals surface area contributed by atoms with Crippen LogP contribution in [0.2, 0.25) is 0 Å². The molecule has 67 heavy (non-hydrogen) atoms. The van der Waals surface area contributed by atoms with Crippen LogP contribution >= 0.6 is 0 Å². The summed E-state index contributed by atoms with van der Waals surface area (Å²) in [4.78, 5) is 39.1. The molecule has 0 heterocycles. The molecule has 0 aromatic rings. The Hall–Kier alpha value is -2.41. The van der Waals surface area contributed by atoms with Crippen molar-refractivity contribution < 1.29 is 33.7 Å². The van der Waals surface area contributed by atoms with E-state index in [1.807, 2.05) is 0 Å². The van der Waals surface area contributed by atoms with Gasteiger partial charge in [-0.3, -0.25) is 9.59 Å². The molecule has 0 aliphatic heterocycles. The standard InChI is InChI=1S/C60H110O7/c1-4-7-10-13-16-19-22-25-28-31-34-37-40-43-46-49-52-65-57(61)55-56(59(63)66-53-50-47-44-41-38-35-32-29-26-23-20-17-14-11-8-5-2)58(62)60(64)67-54-51-48-45-42-39-36-33-30-27-24-21-18-15-12-9-6-3/h25-30,56,58,62H,4-24,31-55H2,1-3H3. The van der Waals surface area contributed by atoms with Crippen LogP contribution in [0.25, 0.3) is 0 Å². The van der Waals surface area contributed by atoms with Crippen LogP contribution in [-0.2, 0) is 28.6 Å². The van der Waals surface area contributed by atoms with Gasteiger partial charge in [0.2, 0.25) is 0 Å². The molecule has 0 aliphatic rings. The normalized spacial score (nSPS) is 12.7. The number of hydrogen-bond acceptors (Lipinski definition) is 7. The molecule has 0 spiro atoms. The maximum atomic E-state index is 13.2.